The van der Waals surface area contributed by atoms with E-state index in [9.17, 15) is 0 Å². The predicted molar refractivity (Wildman–Crippen MR) is 77.9 cm³/mol. The second-order valence-electron chi connectivity index (χ2n) is 5.45. The topological polar surface area (TPSA) is 34.8 Å². The highest BCUT2D eigenvalue weighted by Gasteiger charge is 2.00. The van der Waals surface area contributed by atoms with Crippen LogP contribution in [0.4, 0.5) is 0 Å². The van der Waals surface area contributed by atoms with E-state index in [1.165, 1.54) is 5.56 Å². The van der Waals surface area contributed by atoms with E-state index in [0.29, 0.717) is 5.92 Å². The minimum Gasteiger partial charge on any atom is -0.352 e. The van der Waals surface area contributed by atoms with Crippen LogP contribution in [-0.4, -0.2) is 20.7 Å². The van der Waals surface area contributed by atoms with Gasteiger partial charge in [0.05, 0.1) is 0 Å². The number of hydrogen-bond acceptors (Lipinski definition) is 2. The van der Waals surface area contributed by atoms with E-state index in [4.69, 9.17) is 0 Å². The molecular formula is C15H24N4. The molecule has 2 rings (SSSR count). The Morgan fingerprint density at radius 2 is 2.11 bits per heavy atom. The molecule has 0 saturated heterocycles. The van der Waals surface area contributed by atoms with Crippen LogP contribution >= 0.6 is 0 Å². The van der Waals surface area contributed by atoms with Gasteiger partial charge < -0.3 is 14.5 Å². The lowest BCUT2D eigenvalue weighted by Gasteiger charge is -2.07. The fraction of sp³-hybridized carbons (Fsp3) is 0.533. The molecule has 0 fully saturated rings. The van der Waals surface area contributed by atoms with E-state index in [0.717, 1.165) is 32.0 Å². The molecule has 19 heavy (non-hydrogen) atoms. The summed E-state index contributed by atoms with van der Waals surface area (Å²) in [7, 11) is 0. The number of imidazole rings is 1. The summed E-state index contributed by atoms with van der Waals surface area (Å²) in [5.41, 5.74) is 1.35. The van der Waals surface area contributed by atoms with E-state index < -0.39 is 0 Å². The first kappa shape index (κ1) is 13.9. The van der Waals surface area contributed by atoms with Crippen molar-refractivity contribution in [1.82, 2.24) is 19.4 Å². The first-order valence-corrected chi connectivity index (χ1v) is 6.98. The van der Waals surface area contributed by atoms with Gasteiger partial charge in [0, 0.05) is 44.4 Å². The molecule has 4 nitrogen and oxygen atoms in total. The average Bonchev–Trinajstić information content (AvgIpc) is 2.95. The Morgan fingerprint density at radius 1 is 1.26 bits per heavy atom. The summed E-state index contributed by atoms with van der Waals surface area (Å²) in [4.78, 5) is 4.23. The molecule has 0 saturated carbocycles. The molecule has 4 heteroatoms. The average molecular weight is 260 g/mol. The molecule has 1 N–H and O–H groups in total. The summed E-state index contributed by atoms with van der Waals surface area (Å²) in [5, 5.41) is 3.46. The van der Waals surface area contributed by atoms with Crippen LogP contribution in [0.15, 0.2) is 30.9 Å². The maximum absolute atomic E-state index is 4.23. The lowest BCUT2D eigenvalue weighted by atomic mass is 10.2. The van der Waals surface area contributed by atoms with Crippen LogP contribution in [-0.2, 0) is 19.6 Å². The van der Waals surface area contributed by atoms with E-state index in [1.807, 2.05) is 19.3 Å². The fourth-order valence-electron chi connectivity index (χ4n) is 2.10. The second-order valence-corrected chi connectivity index (χ2v) is 5.45. The largest absolute Gasteiger partial charge is 0.352 e. The van der Waals surface area contributed by atoms with Crippen LogP contribution in [0.5, 0.6) is 0 Å². The summed E-state index contributed by atoms with van der Waals surface area (Å²) in [5.74, 6) is 1.78. The lowest BCUT2D eigenvalue weighted by molar-refractivity contribution is 0.549. The number of hydrogen-bond donors (Lipinski definition) is 1. The van der Waals surface area contributed by atoms with Gasteiger partial charge in [-0.3, -0.25) is 0 Å². The van der Waals surface area contributed by atoms with Gasteiger partial charge >= 0.3 is 0 Å². The first-order chi connectivity index (χ1) is 9.15. The van der Waals surface area contributed by atoms with Gasteiger partial charge in [0.25, 0.3) is 0 Å². The molecule has 0 bridgehead atoms. The number of aromatic nitrogens is 3. The minimum atomic E-state index is 0.700. The number of rotatable bonds is 7. The number of nitrogens with one attached hydrogen (secondary N) is 1. The summed E-state index contributed by atoms with van der Waals surface area (Å²) in [6.07, 6.45) is 8.26. The van der Waals surface area contributed by atoms with Crippen molar-refractivity contribution in [2.45, 2.75) is 40.4 Å². The maximum atomic E-state index is 4.23. The highest BCUT2D eigenvalue weighted by atomic mass is 15.1. The van der Waals surface area contributed by atoms with Crippen molar-refractivity contribution < 1.29 is 0 Å². The molecule has 0 aliphatic rings. The van der Waals surface area contributed by atoms with Crippen molar-refractivity contribution >= 4 is 0 Å². The van der Waals surface area contributed by atoms with E-state index in [1.54, 1.807) is 0 Å². The molecule has 104 valence electrons. The smallest absolute Gasteiger partial charge is 0.105 e. The van der Waals surface area contributed by atoms with Gasteiger partial charge in [0.2, 0.25) is 0 Å². The Bertz CT molecular complexity index is 496. The van der Waals surface area contributed by atoms with Crippen LogP contribution in [0.25, 0.3) is 0 Å². The Hall–Kier alpha value is -1.55. The predicted octanol–water partition coefficient (Wildman–Crippen LogP) is 2.44. The standard InChI is InChI=1S/C15H24N4/c1-13(2)10-16-11-15-4-6-18(12-15)8-9-19-7-5-17-14(19)3/h4-7,12-13,16H,8-11H2,1-3H3. The normalized spacial score (nSPS) is 11.4. The highest BCUT2D eigenvalue weighted by molar-refractivity contribution is 5.09. The molecular weight excluding hydrogens is 236 g/mol. The lowest BCUT2D eigenvalue weighted by Crippen LogP contribution is -2.18. The minimum absolute atomic E-state index is 0.700. The molecule has 0 aromatic carbocycles. The SMILES string of the molecule is Cc1nccn1CCn1ccc(CNCC(C)C)c1. The summed E-state index contributed by atoms with van der Waals surface area (Å²) < 4.78 is 4.42. The zero-order valence-electron chi connectivity index (χ0n) is 12.1. The zero-order valence-corrected chi connectivity index (χ0v) is 12.1. The van der Waals surface area contributed by atoms with Crippen molar-refractivity contribution in [2.75, 3.05) is 6.54 Å². The molecule has 2 aromatic heterocycles. The first-order valence-electron chi connectivity index (χ1n) is 6.98. The van der Waals surface area contributed by atoms with Gasteiger partial charge in [-0.1, -0.05) is 13.8 Å². The molecule has 0 aliphatic heterocycles. The number of nitrogens with zero attached hydrogens (tertiary/aromatic N) is 3. The summed E-state index contributed by atoms with van der Waals surface area (Å²) in [6, 6.07) is 2.19. The highest BCUT2D eigenvalue weighted by Crippen LogP contribution is 2.03. The van der Waals surface area contributed by atoms with Crippen LogP contribution in [0.2, 0.25) is 0 Å². The molecule has 0 aliphatic carbocycles. The fourth-order valence-corrected chi connectivity index (χ4v) is 2.10. The molecule has 0 unspecified atom stereocenters. The Kier molecular flexibility index (Phi) is 4.80. The van der Waals surface area contributed by atoms with Crippen LogP contribution in [0.3, 0.4) is 0 Å². The van der Waals surface area contributed by atoms with Crippen molar-refractivity contribution in [2.24, 2.45) is 5.92 Å². The molecule has 2 heterocycles. The third-order valence-electron chi connectivity index (χ3n) is 3.22. The van der Waals surface area contributed by atoms with E-state index in [2.05, 4.69) is 51.7 Å². The van der Waals surface area contributed by atoms with Crippen molar-refractivity contribution in [1.29, 1.82) is 0 Å². The molecule has 0 radical (unpaired) electrons. The van der Waals surface area contributed by atoms with Crippen LogP contribution in [0.1, 0.15) is 25.2 Å². The molecule has 0 amide bonds. The number of aryl methyl sites for hydroxylation is 3. The van der Waals surface area contributed by atoms with E-state index >= 15 is 0 Å². The van der Waals surface area contributed by atoms with Gasteiger partial charge in [-0.2, -0.15) is 0 Å². The van der Waals surface area contributed by atoms with Gasteiger partial charge in [-0.15, -0.1) is 0 Å². The third kappa shape index (κ3) is 4.24. The van der Waals surface area contributed by atoms with Gasteiger partial charge in [-0.05, 0) is 31.0 Å². The van der Waals surface area contributed by atoms with E-state index in [-0.39, 0.29) is 0 Å². The van der Waals surface area contributed by atoms with Crippen molar-refractivity contribution in [3.8, 4) is 0 Å². The zero-order chi connectivity index (χ0) is 13.7. The van der Waals surface area contributed by atoms with Crippen molar-refractivity contribution in [3.05, 3.63) is 42.2 Å². The molecule has 0 atom stereocenters. The van der Waals surface area contributed by atoms with Gasteiger partial charge in [-0.25, -0.2) is 4.98 Å². The van der Waals surface area contributed by atoms with Crippen LogP contribution < -0.4 is 5.32 Å². The quantitative estimate of drug-likeness (QED) is 0.830. The maximum Gasteiger partial charge on any atom is 0.105 e. The summed E-state index contributed by atoms with van der Waals surface area (Å²) in [6.45, 7) is 10.5. The Morgan fingerprint density at radius 3 is 2.79 bits per heavy atom. The Labute approximate surface area is 115 Å². The monoisotopic (exact) mass is 260 g/mol. The molecule has 2 aromatic rings. The van der Waals surface area contributed by atoms with Gasteiger partial charge in [0.1, 0.15) is 5.82 Å². The third-order valence-corrected chi connectivity index (χ3v) is 3.22. The Balaban J connectivity index is 1.79. The van der Waals surface area contributed by atoms with Crippen molar-refractivity contribution in [3.63, 3.8) is 0 Å². The van der Waals surface area contributed by atoms with Crippen LogP contribution in [0, 0.1) is 12.8 Å². The molecule has 0 spiro atoms. The second kappa shape index (κ2) is 6.57. The summed E-state index contributed by atoms with van der Waals surface area (Å²) >= 11 is 0. The van der Waals surface area contributed by atoms with Gasteiger partial charge in [0.15, 0.2) is 0 Å².